The summed E-state index contributed by atoms with van der Waals surface area (Å²) >= 11 is 0. The summed E-state index contributed by atoms with van der Waals surface area (Å²) in [4.78, 5) is 24.2. The fourth-order valence-corrected chi connectivity index (χ4v) is 1.93. The highest BCUT2D eigenvalue weighted by molar-refractivity contribution is 5.68. The van der Waals surface area contributed by atoms with E-state index in [1.165, 1.54) is 25.2 Å². The summed E-state index contributed by atoms with van der Waals surface area (Å²) in [5.41, 5.74) is -0.350. The highest BCUT2D eigenvalue weighted by Gasteiger charge is 2.14. The van der Waals surface area contributed by atoms with E-state index in [-0.39, 0.29) is 11.2 Å². The number of ether oxygens (including phenoxy) is 1. The number of hydrogen-bond donors (Lipinski definition) is 1. The first-order valence-electron chi connectivity index (χ1n) is 5.84. The van der Waals surface area contributed by atoms with Gasteiger partial charge in [-0.3, -0.25) is 9.69 Å². The van der Waals surface area contributed by atoms with Crippen LogP contribution in [0.25, 0.3) is 0 Å². The number of aliphatic carboxylic acids is 1. The van der Waals surface area contributed by atoms with Crippen LogP contribution in [-0.4, -0.2) is 35.7 Å². The summed E-state index contributed by atoms with van der Waals surface area (Å²) in [6.07, 6.45) is 3.52. The Kier molecular flexibility index (Phi) is 3.99. The van der Waals surface area contributed by atoms with E-state index >= 15 is 0 Å². The lowest BCUT2D eigenvalue weighted by Crippen LogP contribution is -2.20. The third-order valence-electron chi connectivity index (χ3n) is 2.78. The lowest BCUT2D eigenvalue weighted by atomic mass is 10.3. The van der Waals surface area contributed by atoms with Gasteiger partial charge in [-0.05, 0) is 25.9 Å². The van der Waals surface area contributed by atoms with E-state index in [0.29, 0.717) is 12.3 Å². The van der Waals surface area contributed by atoms with Crippen molar-refractivity contribution in [2.75, 3.05) is 19.7 Å². The van der Waals surface area contributed by atoms with Gasteiger partial charge in [-0.15, -0.1) is 0 Å². The van der Waals surface area contributed by atoms with E-state index in [2.05, 4.69) is 4.90 Å². The van der Waals surface area contributed by atoms with Crippen molar-refractivity contribution < 1.29 is 19.1 Å². The first-order valence-corrected chi connectivity index (χ1v) is 5.84. The molecule has 1 fully saturated rings. The molecule has 2 rings (SSSR count). The zero-order valence-electron chi connectivity index (χ0n) is 9.92. The van der Waals surface area contributed by atoms with Crippen LogP contribution in [0.2, 0.25) is 0 Å². The zero-order chi connectivity index (χ0) is 13.0. The highest BCUT2D eigenvalue weighted by atomic mass is 16.5. The van der Waals surface area contributed by atoms with Gasteiger partial charge in [0.2, 0.25) is 11.2 Å². The molecule has 1 aromatic heterocycles. The Bertz CT molecular complexity index is 476. The van der Waals surface area contributed by atoms with Crippen molar-refractivity contribution in [3.63, 3.8) is 0 Å². The minimum absolute atomic E-state index is 0.0671. The molecule has 2 heterocycles. The zero-order valence-corrected chi connectivity index (χ0v) is 9.92. The summed E-state index contributed by atoms with van der Waals surface area (Å²) in [7, 11) is 0. The molecule has 6 heteroatoms. The summed E-state index contributed by atoms with van der Waals surface area (Å²) in [5, 5.41) is 8.45. The second kappa shape index (κ2) is 5.68. The van der Waals surface area contributed by atoms with E-state index in [1.807, 2.05) is 0 Å². The Hall–Kier alpha value is -1.82. The molecule has 0 spiro atoms. The van der Waals surface area contributed by atoms with Gasteiger partial charge in [-0.2, -0.15) is 0 Å². The molecule has 1 saturated heterocycles. The molecule has 1 aliphatic heterocycles. The Labute approximate surface area is 104 Å². The monoisotopic (exact) mass is 253 g/mol. The molecule has 1 aromatic rings. The molecule has 0 aliphatic carbocycles. The largest absolute Gasteiger partial charge is 0.479 e. The second-order valence-electron chi connectivity index (χ2n) is 4.24. The molecule has 0 atom stereocenters. The van der Waals surface area contributed by atoms with Crippen molar-refractivity contribution in [3.8, 4) is 5.75 Å². The number of nitrogens with zero attached hydrogens (tertiary/aromatic N) is 1. The van der Waals surface area contributed by atoms with E-state index < -0.39 is 12.6 Å². The van der Waals surface area contributed by atoms with E-state index in [1.54, 1.807) is 0 Å². The molecule has 0 unspecified atom stereocenters. The average Bonchev–Trinajstić information content (AvgIpc) is 2.80. The van der Waals surface area contributed by atoms with Crippen LogP contribution < -0.4 is 10.2 Å². The van der Waals surface area contributed by atoms with Crippen LogP contribution in [0.4, 0.5) is 0 Å². The number of carbonyl (C=O) groups is 1. The van der Waals surface area contributed by atoms with Crippen LogP contribution in [-0.2, 0) is 11.3 Å². The topological polar surface area (TPSA) is 80.0 Å². The summed E-state index contributed by atoms with van der Waals surface area (Å²) in [6.45, 7) is 2.09. The Morgan fingerprint density at radius 1 is 1.44 bits per heavy atom. The van der Waals surface area contributed by atoms with E-state index in [9.17, 15) is 9.59 Å². The number of carboxylic acids is 1. The van der Waals surface area contributed by atoms with Crippen LogP contribution in [0.5, 0.6) is 5.75 Å². The number of hydrogen-bond acceptors (Lipinski definition) is 5. The Balaban J connectivity index is 2.00. The van der Waals surface area contributed by atoms with Gasteiger partial charge in [0.25, 0.3) is 0 Å². The smallest absolute Gasteiger partial charge is 0.341 e. The van der Waals surface area contributed by atoms with Crippen molar-refractivity contribution in [1.82, 2.24) is 4.90 Å². The third-order valence-corrected chi connectivity index (χ3v) is 2.78. The highest BCUT2D eigenvalue weighted by Crippen LogP contribution is 2.13. The molecule has 0 bridgehead atoms. The molecular formula is C12H15NO5. The van der Waals surface area contributed by atoms with Gasteiger partial charge in [0, 0.05) is 6.07 Å². The number of carboxylic acid groups (broad SMARTS) is 1. The predicted molar refractivity (Wildman–Crippen MR) is 62.6 cm³/mol. The summed E-state index contributed by atoms with van der Waals surface area (Å²) < 4.78 is 10.1. The molecular weight excluding hydrogens is 238 g/mol. The van der Waals surface area contributed by atoms with E-state index in [4.69, 9.17) is 14.3 Å². The van der Waals surface area contributed by atoms with Crippen LogP contribution in [0.15, 0.2) is 21.5 Å². The predicted octanol–water partition coefficient (Wildman–Crippen LogP) is 0.699. The molecule has 0 amide bonds. The van der Waals surface area contributed by atoms with Gasteiger partial charge in [0.15, 0.2) is 6.61 Å². The third kappa shape index (κ3) is 3.33. The quantitative estimate of drug-likeness (QED) is 0.832. The van der Waals surface area contributed by atoms with Crippen molar-refractivity contribution in [2.45, 2.75) is 19.4 Å². The Morgan fingerprint density at radius 2 is 2.17 bits per heavy atom. The van der Waals surface area contributed by atoms with Crippen molar-refractivity contribution >= 4 is 5.97 Å². The molecule has 0 aromatic carbocycles. The van der Waals surface area contributed by atoms with Crippen molar-refractivity contribution in [2.24, 2.45) is 0 Å². The summed E-state index contributed by atoms with van der Waals surface area (Å²) in [5.74, 6) is -0.623. The van der Waals surface area contributed by atoms with Crippen LogP contribution in [0.3, 0.4) is 0 Å². The minimum atomic E-state index is -1.13. The Morgan fingerprint density at radius 3 is 2.78 bits per heavy atom. The SMILES string of the molecule is O=C(O)COc1coc(CN2CCCC2)cc1=O. The van der Waals surface area contributed by atoms with Crippen molar-refractivity contribution in [3.05, 3.63) is 28.3 Å². The van der Waals surface area contributed by atoms with Gasteiger partial charge >= 0.3 is 5.97 Å². The normalized spacial score (nSPS) is 15.8. The maximum absolute atomic E-state index is 11.6. The maximum Gasteiger partial charge on any atom is 0.341 e. The molecule has 6 nitrogen and oxygen atoms in total. The van der Waals surface area contributed by atoms with Gasteiger partial charge in [-0.25, -0.2) is 4.79 Å². The molecule has 18 heavy (non-hydrogen) atoms. The molecule has 0 radical (unpaired) electrons. The first-order chi connectivity index (χ1) is 8.65. The van der Waals surface area contributed by atoms with Gasteiger partial charge < -0.3 is 14.3 Å². The molecule has 98 valence electrons. The molecule has 1 aliphatic rings. The number of rotatable bonds is 5. The first kappa shape index (κ1) is 12.6. The molecule has 0 saturated carbocycles. The fourth-order valence-electron chi connectivity index (χ4n) is 1.93. The van der Waals surface area contributed by atoms with Crippen LogP contribution >= 0.6 is 0 Å². The molecule has 1 N–H and O–H groups in total. The summed E-state index contributed by atoms with van der Waals surface area (Å²) in [6, 6.07) is 1.36. The van der Waals surface area contributed by atoms with Gasteiger partial charge in [0.1, 0.15) is 12.0 Å². The average molecular weight is 253 g/mol. The van der Waals surface area contributed by atoms with E-state index in [0.717, 1.165) is 13.1 Å². The van der Waals surface area contributed by atoms with Crippen LogP contribution in [0.1, 0.15) is 18.6 Å². The second-order valence-corrected chi connectivity index (χ2v) is 4.24. The van der Waals surface area contributed by atoms with Gasteiger partial charge in [0.05, 0.1) is 6.54 Å². The minimum Gasteiger partial charge on any atom is -0.479 e. The van der Waals surface area contributed by atoms with Gasteiger partial charge in [-0.1, -0.05) is 0 Å². The van der Waals surface area contributed by atoms with Crippen molar-refractivity contribution in [1.29, 1.82) is 0 Å². The fraction of sp³-hybridized carbons (Fsp3) is 0.500. The number of likely N-dealkylation sites (tertiary alicyclic amines) is 1. The lowest BCUT2D eigenvalue weighted by Gasteiger charge is -2.13. The lowest BCUT2D eigenvalue weighted by molar-refractivity contribution is -0.139. The standard InChI is InChI=1S/C12H15NO5/c14-10-5-9(6-13-3-1-2-4-13)17-7-11(10)18-8-12(15)16/h5,7H,1-4,6,8H2,(H,15,16). The van der Waals surface area contributed by atoms with Crippen LogP contribution in [0, 0.1) is 0 Å². The maximum atomic E-state index is 11.6.